The number of hydrogen-bond acceptors (Lipinski definition) is 5. The van der Waals surface area contributed by atoms with Crippen LogP contribution in [0.1, 0.15) is 26.5 Å². The van der Waals surface area contributed by atoms with E-state index in [1.165, 1.54) is 11.3 Å². The molecule has 0 saturated carbocycles. The van der Waals surface area contributed by atoms with Crippen LogP contribution in [0.25, 0.3) is 0 Å². The lowest BCUT2D eigenvalue weighted by Gasteiger charge is -2.30. The smallest absolute Gasteiger partial charge is 0.323 e. The lowest BCUT2D eigenvalue weighted by Crippen LogP contribution is -2.37. The van der Waals surface area contributed by atoms with Crippen LogP contribution in [0, 0.1) is 0 Å². The number of hydrogen-bond donors (Lipinski definition) is 0. The molecular formula is C10H17NO3S. The van der Waals surface area contributed by atoms with E-state index < -0.39 is 5.97 Å². The number of aromatic nitrogens is 1. The van der Waals surface area contributed by atoms with Gasteiger partial charge in [0.05, 0.1) is 25.3 Å². The lowest BCUT2D eigenvalue weighted by molar-refractivity contribution is -0.391. The minimum Gasteiger partial charge on any atom is -0.323 e. The second-order valence-electron chi connectivity index (χ2n) is 2.73. The van der Waals surface area contributed by atoms with Crippen LogP contribution in [0.4, 0.5) is 0 Å². The Balaban J connectivity index is 2.90. The van der Waals surface area contributed by atoms with Gasteiger partial charge in [0.1, 0.15) is 5.69 Å². The van der Waals surface area contributed by atoms with Gasteiger partial charge < -0.3 is 14.2 Å². The molecule has 0 bridgehead atoms. The predicted octanol–water partition coefficient (Wildman–Crippen LogP) is 2.36. The van der Waals surface area contributed by atoms with Gasteiger partial charge in [0.2, 0.25) is 0 Å². The summed E-state index contributed by atoms with van der Waals surface area (Å²) in [5.74, 6) is -1.13. The highest BCUT2D eigenvalue weighted by molar-refractivity contribution is 7.07. The highest BCUT2D eigenvalue weighted by atomic mass is 32.1. The first-order chi connectivity index (χ1) is 7.29. The standard InChI is InChI=1S/C10H17NO3S/c1-4-12-10(13-5-2,14-6-3)9-7-15-8-11-9/h7-8H,4-6H2,1-3H3. The maximum atomic E-state index is 5.55. The predicted molar refractivity (Wildman–Crippen MR) is 58.7 cm³/mol. The van der Waals surface area contributed by atoms with Crippen molar-refractivity contribution in [2.75, 3.05) is 19.8 Å². The average molecular weight is 231 g/mol. The number of thiazole rings is 1. The van der Waals surface area contributed by atoms with E-state index in [0.717, 1.165) is 0 Å². The third kappa shape index (κ3) is 2.98. The summed E-state index contributed by atoms with van der Waals surface area (Å²) in [5, 5.41) is 1.88. The molecule has 0 radical (unpaired) electrons. The van der Waals surface area contributed by atoms with Crippen molar-refractivity contribution in [1.82, 2.24) is 4.98 Å². The highest BCUT2D eigenvalue weighted by Crippen LogP contribution is 2.28. The van der Waals surface area contributed by atoms with E-state index in [4.69, 9.17) is 14.2 Å². The summed E-state index contributed by atoms with van der Waals surface area (Å²) in [6.45, 7) is 7.24. The van der Waals surface area contributed by atoms with E-state index in [-0.39, 0.29) is 0 Å². The zero-order valence-electron chi connectivity index (χ0n) is 9.36. The summed E-state index contributed by atoms with van der Waals surface area (Å²) in [5.41, 5.74) is 2.42. The van der Waals surface area contributed by atoms with E-state index in [2.05, 4.69) is 4.98 Å². The molecule has 15 heavy (non-hydrogen) atoms. The Morgan fingerprint density at radius 1 is 1.13 bits per heavy atom. The van der Waals surface area contributed by atoms with Crippen molar-refractivity contribution in [2.24, 2.45) is 0 Å². The molecule has 0 aliphatic rings. The van der Waals surface area contributed by atoms with E-state index in [0.29, 0.717) is 25.5 Å². The van der Waals surface area contributed by atoms with Gasteiger partial charge in [0.25, 0.3) is 0 Å². The third-order valence-corrected chi connectivity index (χ3v) is 2.34. The van der Waals surface area contributed by atoms with Crippen molar-refractivity contribution < 1.29 is 14.2 Å². The number of ether oxygens (including phenoxy) is 3. The molecule has 1 aromatic rings. The monoisotopic (exact) mass is 231 g/mol. The van der Waals surface area contributed by atoms with E-state index in [1.54, 1.807) is 5.51 Å². The Morgan fingerprint density at radius 2 is 1.67 bits per heavy atom. The van der Waals surface area contributed by atoms with Crippen LogP contribution in [-0.4, -0.2) is 24.8 Å². The van der Waals surface area contributed by atoms with Crippen LogP contribution in [0.15, 0.2) is 10.9 Å². The minimum absolute atomic E-state index is 0.511. The summed E-state index contributed by atoms with van der Waals surface area (Å²) in [6, 6.07) is 0. The summed E-state index contributed by atoms with van der Waals surface area (Å²) in [4.78, 5) is 4.19. The largest absolute Gasteiger partial charge is 0.330 e. The number of nitrogens with zero attached hydrogens (tertiary/aromatic N) is 1. The van der Waals surface area contributed by atoms with Crippen molar-refractivity contribution in [3.63, 3.8) is 0 Å². The molecule has 0 aliphatic carbocycles. The van der Waals surface area contributed by atoms with Crippen LogP contribution in [-0.2, 0) is 20.2 Å². The minimum atomic E-state index is -1.13. The van der Waals surface area contributed by atoms with Gasteiger partial charge in [0.15, 0.2) is 0 Å². The lowest BCUT2D eigenvalue weighted by atomic mass is 10.4. The van der Waals surface area contributed by atoms with Gasteiger partial charge in [-0.1, -0.05) is 0 Å². The zero-order chi connectivity index (χ0) is 11.1. The van der Waals surface area contributed by atoms with Crippen molar-refractivity contribution in [3.05, 3.63) is 16.6 Å². The molecule has 0 aromatic carbocycles. The highest BCUT2D eigenvalue weighted by Gasteiger charge is 2.37. The second kappa shape index (κ2) is 6.17. The quantitative estimate of drug-likeness (QED) is 0.675. The fraction of sp³-hybridized carbons (Fsp3) is 0.700. The Kier molecular flexibility index (Phi) is 5.17. The van der Waals surface area contributed by atoms with Crippen molar-refractivity contribution in [1.29, 1.82) is 0 Å². The van der Waals surface area contributed by atoms with Crippen LogP contribution < -0.4 is 0 Å². The topological polar surface area (TPSA) is 40.6 Å². The molecule has 1 heterocycles. The zero-order valence-corrected chi connectivity index (χ0v) is 10.2. The van der Waals surface area contributed by atoms with Crippen LogP contribution in [0.5, 0.6) is 0 Å². The first-order valence-electron chi connectivity index (χ1n) is 5.09. The van der Waals surface area contributed by atoms with Gasteiger partial charge in [-0.15, -0.1) is 11.3 Å². The fourth-order valence-corrected chi connectivity index (χ4v) is 1.85. The Bertz CT molecular complexity index is 247. The van der Waals surface area contributed by atoms with E-state index in [1.807, 2.05) is 26.2 Å². The molecule has 5 heteroatoms. The average Bonchev–Trinajstić information content (AvgIpc) is 2.72. The van der Waals surface area contributed by atoms with Gasteiger partial charge in [-0.05, 0) is 20.8 Å². The molecule has 0 spiro atoms. The van der Waals surface area contributed by atoms with Crippen molar-refractivity contribution in [2.45, 2.75) is 26.7 Å². The molecule has 0 aliphatic heterocycles. The molecule has 4 nitrogen and oxygen atoms in total. The van der Waals surface area contributed by atoms with Gasteiger partial charge in [-0.3, -0.25) is 0 Å². The number of rotatable bonds is 7. The SMILES string of the molecule is CCOC(OCC)(OCC)c1cscn1. The maximum Gasteiger partial charge on any atom is 0.330 e. The van der Waals surface area contributed by atoms with Gasteiger partial charge in [-0.25, -0.2) is 4.98 Å². The molecule has 0 unspecified atom stereocenters. The molecule has 0 fully saturated rings. The van der Waals surface area contributed by atoms with E-state index >= 15 is 0 Å². The fourth-order valence-electron chi connectivity index (χ4n) is 1.28. The summed E-state index contributed by atoms with van der Waals surface area (Å²) in [7, 11) is 0. The normalized spacial score (nSPS) is 11.9. The third-order valence-electron chi connectivity index (χ3n) is 1.75. The van der Waals surface area contributed by atoms with Gasteiger partial charge in [0, 0.05) is 5.38 Å². The van der Waals surface area contributed by atoms with Crippen molar-refractivity contribution in [3.8, 4) is 0 Å². The van der Waals surface area contributed by atoms with Gasteiger partial charge >= 0.3 is 5.97 Å². The molecule has 0 atom stereocenters. The summed E-state index contributed by atoms with van der Waals surface area (Å²) < 4.78 is 16.7. The molecule has 86 valence electrons. The molecular weight excluding hydrogens is 214 g/mol. The van der Waals surface area contributed by atoms with Crippen LogP contribution >= 0.6 is 11.3 Å². The Morgan fingerprint density at radius 3 is 2.00 bits per heavy atom. The summed E-state index contributed by atoms with van der Waals surface area (Å²) in [6.07, 6.45) is 0. The van der Waals surface area contributed by atoms with E-state index in [9.17, 15) is 0 Å². The van der Waals surface area contributed by atoms with Gasteiger partial charge in [-0.2, -0.15) is 0 Å². The maximum absolute atomic E-state index is 5.55. The Labute approximate surface area is 94.2 Å². The molecule has 0 amide bonds. The molecule has 1 aromatic heterocycles. The molecule has 0 saturated heterocycles. The first-order valence-corrected chi connectivity index (χ1v) is 6.03. The van der Waals surface area contributed by atoms with Crippen LogP contribution in [0.3, 0.4) is 0 Å². The molecule has 1 rings (SSSR count). The van der Waals surface area contributed by atoms with Crippen LogP contribution in [0.2, 0.25) is 0 Å². The Hall–Kier alpha value is -0.490. The summed E-state index contributed by atoms with van der Waals surface area (Å²) >= 11 is 1.49. The second-order valence-corrected chi connectivity index (χ2v) is 3.45. The molecule has 0 N–H and O–H groups in total. The van der Waals surface area contributed by atoms with Crippen molar-refractivity contribution >= 4 is 11.3 Å². The first kappa shape index (κ1) is 12.6.